The second-order valence-corrected chi connectivity index (χ2v) is 7.64. The van der Waals surface area contributed by atoms with Gasteiger partial charge in [-0.05, 0) is 58.8 Å². The van der Waals surface area contributed by atoms with E-state index in [1.807, 2.05) is 0 Å². The molecular weight excluding hydrogens is 224 g/mol. The average Bonchev–Trinajstić information content (AvgIpc) is 2.80. The summed E-state index contributed by atoms with van der Waals surface area (Å²) in [5.41, 5.74) is -0.137. The monoisotopic (exact) mass is 254 g/mol. The van der Waals surface area contributed by atoms with E-state index in [-0.39, 0.29) is 28.6 Å². The number of rotatable bonds is 3. The van der Waals surface area contributed by atoms with Crippen LogP contribution in [-0.2, 0) is 4.74 Å². The van der Waals surface area contributed by atoms with Crippen molar-refractivity contribution in [3.63, 3.8) is 0 Å². The predicted molar refractivity (Wildman–Crippen MR) is 74.5 cm³/mol. The molecule has 1 aliphatic carbocycles. The zero-order valence-corrected chi connectivity index (χ0v) is 12.8. The molecule has 2 fully saturated rings. The highest BCUT2D eigenvalue weighted by atomic mass is 16.5. The van der Waals surface area contributed by atoms with Crippen molar-refractivity contribution in [3.05, 3.63) is 0 Å². The lowest BCUT2D eigenvalue weighted by Crippen LogP contribution is -2.45. The quantitative estimate of drug-likeness (QED) is 0.827. The summed E-state index contributed by atoms with van der Waals surface area (Å²) in [6, 6.07) is 0. The molecule has 2 nitrogen and oxygen atoms in total. The molecule has 1 saturated carbocycles. The van der Waals surface area contributed by atoms with Crippen LogP contribution in [0.25, 0.3) is 0 Å². The van der Waals surface area contributed by atoms with E-state index in [1.54, 1.807) is 0 Å². The average molecular weight is 254 g/mol. The molecule has 1 aliphatic heterocycles. The molecule has 1 saturated heterocycles. The standard InChI is InChI=1S/C16H30O2/c1-6-16(9-7-8-10-16)13(17)12-11-14(2,3)18-15(12,4)5/h12-13,17H,6-11H2,1-5H3. The van der Waals surface area contributed by atoms with Crippen LogP contribution in [0.2, 0.25) is 0 Å². The Morgan fingerprint density at radius 1 is 1.17 bits per heavy atom. The van der Waals surface area contributed by atoms with E-state index in [2.05, 4.69) is 34.6 Å². The first kappa shape index (κ1) is 14.3. The Kier molecular flexibility index (Phi) is 3.57. The Balaban J connectivity index is 2.20. The van der Waals surface area contributed by atoms with Crippen molar-refractivity contribution in [2.45, 2.75) is 90.4 Å². The van der Waals surface area contributed by atoms with Crippen molar-refractivity contribution < 1.29 is 9.84 Å². The highest BCUT2D eigenvalue weighted by molar-refractivity contribution is 5.03. The van der Waals surface area contributed by atoms with E-state index in [9.17, 15) is 5.11 Å². The normalized spacial score (nSPS) is 34.7. The van der Waals surface area contributed by atoms with Gasteiger partial charge in [-0.2, -0.15) is 0 Å². The van der Waals surface area contributed by atoms with Gasteiger partial charge in [0.05, 0.1) is 17.3 Å². The third-order valence-corrected chi connectivity index (χ3v) is 5.46. The van der Waals surface area contributed by atoms with E-state index in [0.29, 0.717) is 0 Å². The van der Waals surface area contributed by atoms with Gasteiger partial charge in [0, 0.05) is 5.92 Å². The summed E-state index contributed by atoms with van der Waals surface area (Å²) in [6.45, 7) is 10.8. The Bertz CT molecular complexity index is 300. The zero-order chi connectivity index (χ0) is 13.6. The summed E-state index contributed by atoms with van der Waals surface area (Å²) >= 11 is 0. The lowest BCUT2D eigenvalue weighted by Gasteiger charge is -2.41. The second kappa shape index (κ2) is 4.49. The van der Waals surface area contributed by atoms with Crippen LogP contribution in [0.4, 0.5) is 0 Å². The van der Waals surface area contributed by atoms with E-state index in [4.69, 9.17) is 4.74 Å². The molecule has 1 heterocycles. The third kappa shape index (κ3) is 2.34. The van der Waals surface area contributed by atoms with Crippen molar-refractivity contribution in [1.29, 1.82) is 0 Å². The summed E-state index contributed by atoms with van der Waals surface area (Å²) in [6.07, 6.45) is 6.81. The molecule has 1 N–H and O–H groups in total. The van der Waals surface area contributed by atoms with Gasteiger partial charge < -0.3 is 9.84 Å². The molecule has 2 atom stereocenters. The van der Waals surface area contributed by atoms with Crippen LogP contribution < -0.4 is 0 Å². The summed E-state index contributed by atoms with van der Waals surface area (Å²) in [4.78, 5) is 0. The number of hydrogen-bond acceptors (Lipinski definition) is 2. The van der Waals surface area contributed by atoms with Crippen molar-refractivity contribution in [2.24, 2.45) is 11.3 Å². The SMILES string of the molecule is CCC1(C(O)C2CC(C)(C)OC2(C)C)CCCC1. The molecule has 0 aromatic carbocycles. The van der Waals surface area contributed by atoms with Gasteiger partial charge in [-0.1, -0.05) is 19.8 Å². The molecule has 18 heavy (non-hydrogen) atoms. The number of hydrogen-bond donors (Lipinski definition) is 1. The number of aliphatic hydroxyl groups is 1. The Hall–Kier alpha value is -0.0800. The Morgan fingerprint density at radius 2 is 1.72 bits per heavy atom. The summed E-state index contributed by atoms with van der Waals surface area (Å²) in [5, 5.41) is 11.0. The largest absolute Gasteiger partial charge is 0.392 e. The first-order valence-corrected chi connectivity index (χ1v) is 7.61. The summed E-state index contributed by atoms with van der Waals surface area (Å²) in [7, 11) is 0. The van der Waals surface area contributed by atoms with Gasteiger partial charge >= 0.3 is 0 Å². The van der Waals surface area contributed by atoms with E-state index < -0.39 is 0 Å². The van der Waals surface area contributed by atoms with Crippen LogP contribution in [0.5, 0.6) is 0 Å². The first-order valence-electron chi connectivity index (χ1n) is 7.61. The number of aliphatic hydroxyl groups excluding tert-OH is 1. The second-order valence-electron chi connectivity index (χ2n) is 7.64. The van der Waals surface area contributed by atoms with Gasteiger partial charge in [-0.15, -0.1) is 0 Å². The van der Waals surface area contributed by atoms with E-state index >= 15 is 0 Å². The third-order valence-electron chi connectivity index (χ3n) is 5.46. The molecule has 0 bridgehead atoms. The maximum atomic E-state index is 11.0. The highest BCUT2D eigenvalue weighted by Gasteiger charge is 2.54. The van der Waals surface area contributed by atoms with Gasteiger partial charge in [0.25, 0.3) is 0 Å². The minimum Gasteiger partial charge on any atom is -0.392 e. The summed E-state index contributed by atoms with van der Waals surface area (Å²) < 4.78 is 6.16. The van der Waals surface area contributed by atoms with Crippen LogP contribution in [0, 0.1) is 11.3 Å². The molecule has 0 amide bonds. The molecule has 106 valence electrons. The first-order chi connectivity index (χ1) is 8.22. The van der Waals surface area contributed by atoms with Crippen LogP contribution in [0.3, 0.4) is 0 Å². The van der Waals surface area contributed by atoms with Crippen molar-refractivity contribution in [2.75, 3.05) is 0 Å². The van der Waals surface area contributed by atoms with Crippen LogP contribution in [0.1, 0.15) is 73.1 Å². The predicted octanol–water partition coefficient (Wildman–Crippen LogP) is 3.91. The van der Waals surface area contributed by atoms with Gasteiger partial charge in [-0.3, -0.25) is 0 Å². The van der Waals surface area contributed by atoms with Gasteiger partial charge in [-0.25, -0.2) is 0 Å². The Labute approximate surface area is 112 Å². The van der Waals surface area contributed by atoms with Gasteiger partial charge in [0.2, 0.25) is 0 Å². The number of ether oxygens (including phenoxy) is 1. The van der Waals surface area contributed by atoms with Gasteiger partial charge in [0.15, 0.2) is 0 Å². The molecule has 0 radical (unpaired) electrons. The maximum Gasteiger partial charge on any atom is 0.0687 e. The van der Waals surface area contributed by atoms with Crippen LogP contribution >= 0.6 is 0 Å². The fourth-order valence-electron chi connectivity index (χ4n) is 4.46. The molecule has 0 aromatic heterocycles. The van der Waals surface area contributed by atoms with Crippen LogP contribution in [0.15, 0.2) is 0 Å². The molecule has 0 aromatic rings. The van der Waals surface area contributed by atoms with Crippen molar-refractivity contribution in [1.82, 2.24) is 0 Å². The van der Waals surface area contributed by atoms with E-state index in [1.165, 1.54) is 25.7 Å². The molecule has 2 unspecified atom stereocenters. The lowest BCUT2D eigenvalue weighted by molar-refractivity contribution is -0.107. The minimum atomic E-state index is -0.207. The lowest BCUT2D eigenvalue weighted by atomic mass is 9.68. The highest BCUT2D eigenvalue weighted by Crippen LogP contribution is 2.52. The molecule has 2 rings (SSSR count). The van der Waals surface area contributed by atoms with Crippen LogP contribution in [-0.4, -0.2) is 22.4 Å². The molecule has 2 heteroatoms. The fourth-order valence-corrected chi connectivity index (χ4v) is 4.46. The van der Waals surface area contributed by atoms with Gasteiger partial charge in [0.1, 0.15) is 0 Å². The minimum absolute atomic E-state index is 0.0946. The molecule has 2 aliphatic rings. The maximum absolute atomic E-state index is 11.0. The molecular formula is C16H30O2. The molecule has 0 spiro atoms. The van der Waals surface area contributed by atoms with Crippen molar-refractivity contribution >= 4 is 0 Å². The smallest absolute Gasteiger partial charge is 0.0687 e. The Morgan fingerprint density at radius 3 is 2.11 bits per heavy atom. The topological polar surface area (TPSA) is 29.5 Å². The summed E-state index contributed by atoms with van der Waals surface area (Å²) in [5.74, 6) is 0.269. The van der Waals surface area contributed by atoms with Crippen molar-refractivity contribution in [3.8, 4) is 0 Å². The zero-order valence-electron chi connectivity index (χ0n) is 12.8. The van der Waals surface area contributed by atoms with E-state index in [0.717, 1.165) is 12.8 Å². The fraction of sp³-hybridized carbons (Fsp3) is 1.00.